The van der Waals surface area contributed by atoms with E-state index in [1.807, 2.05) is 24.3 Å². The molecule has 0 saturated carbocycles. The highest BCUT2D eigenvalue weighted by atomic mass is 32.2. The van der Waals surface area contributed by atoms with E-state index in [2.05, 4.69) is 5.32 Å². The van der Waals surface area contributed by atoms with Gasteiger partial charge in [-0.3, -0.25) is 14.5 Å². The van der Waals surface area contributed by atoms with Crippen LogP contribution in [0.1, 0.15) is 11.1 Å². The van der Waals surface area contributed by atoms with Gasteiger partial charge in [-0.05, 0) is 35.7 Å². The standard InChI is InChI=1S/C20H22N2O5S/c1-27-20(24)18-10-14-6-3-4-7-15(14)12-22(18)13-19(23)21-16-8-5-9-17(11-16)28(2,25)26/h3-9,11,18H,10,12-13H2,1-2H3,(H,21,23)/t18-/m0/s1. The zero-order chi connectivity index (χ0) is 20.3. The highest BCUT2D eigenvalue weighted by molar-refractivity contribution is 7.90. The van der Waals surface area contributed by atoms with Crippen molar-refractivity contribution in [1.29, 1.82) is 0 Å². The Morgan fingerprint density at radius 3 is 2.54 bits per heavy atom. The van der Waals surface area contributed by atoms with Crippen molar-refractivity contribution in [3.8, 4) is 0 Å². The molecule has 0 bridgehead atoms. The van der Waals surface area contributed by atoms with Gasteiger partial charge in [0.2, 0.25) is 5.91 Å². The number of esters is 1. The number of ether oxygens (including phenoxy) is 1. The lowest BCUT2D eigenvalue weighted by atomic mass is 9.94. The molecule has 0 radical (unpaired) electrons. The van der Waals surface area contributed by atoms with Crippen molar-refractivity contribution < 1.29 is 22.7 Å². The van der Waals surface area contributed by atoms with Crippen LogP contribution < -0.4 is 5.32 Å². The summed E-state index contributed by atoms with van der Waals surface area (Å²) in [4.78, 5) is 26.7. The Labute approximate surface area is 164 Å². The monoisotopic (exact) mass is 402 g/mol. The molecule has 0 aliphatic carbocycles. The van der Waals surface area contributed by atoms with Gasteiger partial charge in [0.05, 0.1) is 18.6 Å². The van der Waals surface area contributed by atoms with Gasteiger partial charge in [-0.1, -0.05) is 30.3 Å². The summed E-state index contributed by atoms with van der Waals surface area (Å²) in [6, 6.07) is 13.3. The lowest BCUT2D eigenvalue weighted by Crippen LogP contribution is -2.49. The van der Waals surface area contributed by atoms with Crippen LogP contribution in [0.3, 0.4) is 0 Å². The molecule has 2 aromatic carbocycles. The molecule has 28 heavy (non-hydrogen) atoms. The highest BCUT2D eigenvalue weighted by Gasteiger charge is 2.33. The van der Waals surface area contributed by atoms with Crippen molar-refractivity contribution in [3.05, 3.63) is 59.7 Å². The molecule has 8 heteroatoms. The van der Waals surface area contributed by atoms with Crippen LogP contribution in [0.15, 0.2) is 53.4 Å². The van der Waals surface area contributed by atoms with E-state index in [9.17, 15) is 18.0 Å². The molecule has 1 N–H and O–H groups in total. The largest absolute Gasteiger partial charge is 0.468 e. The molecule has 1 amide bonds. The second kappa shape index (κ2) is 8.12. The van der Waals surface area contributed by atoms with Crippen LogP contribution in [0.4, 0.5) is 5.69 Å². The lowest BCUT2D eigenvalue weighted by molar-refractivity contribution is -0.148. The Balaban J connectivity index is 1.76. The first kappa shape index (κ1) is 20.0. The number of rotatable bonds is 5. The number of carbonyl (C=O) groups is 2. The summed E-state index contributed by atoms with van der Waals surface area (Å²) >= 11 is 0. The van der Waals surface area contributed by atoms with Gasteiger partial charge in [-0.15, -0.1) is 0 Å². The van der Waals surface area contributed by atoms with Crippen LogP contribution >= 0.6 is 0 Å². The third-order valence-electron chi connectivity index (χ3n) is 4.71. The van der Waals surface area contributed by atoms with E-state index in [0.717, 1.165) is 17.4 Å². The first-order chi connectivity index (χ1) is 13.3. The summed E-state index contributed by atoms with van der Waals surface area (Å²) in [5.41, 5.74) is 2.52. The molecule has 0 saturated heterocycles. The van der Waals surface area contributed by atoms with Crippen LogP contribution in [0.5, 0.6) is 0 Å². The van der Waals surface area contributed by atoms with Gasteiger partial charge in [-0.25, -0.2) is 8.42 Å². The van der Waals surface area contributed by atoms with Gasteiger partial charge >= 0.3 is 5.97 Å². The van der Waals surface area contributed by atoms with Gasteiger partial charge in [0.25, 0.3) is 0 Å². The van der Waals surface area contributed by atoms with Crippen molar-refractivity contribution in [2.24, 2.45) is 0 Å². The summed E-state index contributed by atoms with van der Waals surface area (Å²) in [6.07, 6.45) is 1.58. The second-order valence-electron chi connectivity index (χ2n) is 6.76. The topological polar surface area (TPSA) is 92.8 Å². The van der Waals surface area contributed by atoms with E-state index in [0.29, 0.717) is 18.7 Å². The summed E-state index contributed by atoms with van der Waals surface area (Å²) in [5.74, 6) is -0.722. The fraction of sp³-hybridized carbons (Fsp3) is 0.300. The highest BCUT2D eigenvalue weighted by Crippen LogP contribution is 2.24. The Kier molecular flexibility index (Phi) is 5.81. The predicted molar refractivity (Wildman–Crippen MR) is 105 cm³/mol. The van der Waals surface area contributed by atoms with Crippen LogP contribution in [-0.2, 0) is 37.1 Å². The SMILES string of the molecule is COC(=O)[C@@H]1Cc2ccccc2CN1CC(=O)Nc1cccc(S(C)(=O)=O)c1. The fourth-order valence-electron chi connectivity index (χ4n) is 3.30. The summed E-state index contributed by atoms with van der Waals surface area (Å²) in [6.45, 7) is 0.434. The van der Waals surface area contributed by atoms with Crippen molar-refractivity contribution in [2.45, 2.75) is 23.9 Å². The normalized spacial score (nSPS) is 16.9. The summed E-state index contributed by atoms with van der Waals surface area (Å²) in [7, 11) is -2.04. The van der Waals surface area contributed by atoms with Crippen LogP contribution in [0.25, 0.3) is 0 Å². The summed E-state index contributed by atoms with van der Waals surface area (Å²) in [5, 5.41) is 2.71. The Hall–Kier alpha value is -2.71. The van der Waals surface area contributed by atoms with E-state index in [1.165, 1.54) is 19.2 Å². The van der Waals surface area contributed by atoms with Gasteiger partial charge in [0.1, 0.15) is 6.04 Å². The number of hydrogen-bond acceptors (Lipinski definition) is 6. The molecular weight excluding hydrogens is 380 g/mol. The maximum atomic E-state index is 12.6. The number of methoxy groups -OCH3 is 1. The fourth-order valence-corrected chi connectivity index (χ4v) is 3.97. The number of carbonyl (C=O) groups excluding carboxylic acids is 2. The Morgan fingerprint density at radius 2 is 1.86 bits per heavy atom. The average molecular weight is 402 g/mol. The number of hydrogen-bond donors (Lipinski definition) is 1. The molecule has 1 aliphatic heterocycles. The molecule has 2 aromatic rings. The lowest BCUT2D eigenvalue weighted by Gasteiger charge is -2.34. The van der Waals surface area contributed by atoms with Crippen molar-refractivity contribution in [1.82, 2.24) is 4.90 Å². The maximum absolute atomic E-state index is 12.6. The molecule has 7 nitrogen and oxygen atoms in total. The Bertz CT molecular complexity index is 1000. The van der Waals surface area contributed by atoms with Gasteiger partial charge in [-0.2, -0.15) is 0 Å². The molecule has 0 spiro atoms. The average Bonchev–Trinajstić information content (AvgIpc) is 2.66. The Morgan fingerprint density at radius 1 is 1.14 bits per heavy atom. The number of nitrogens with zero attached hydrogens (tertiary/aromatic N) is 1. The van der Waals surface area contributed by atoms with Crippen molar-refractivity contribution >= 4 is 27.4 Å². The molecule has 1 aliphatic rings. The zero-order valence-electron chi connectivity index (χ0n) is 15.7. The second-order valence-corrected chi connectivity index (χ2v) is 8.78. The predicted octanol–water partition coefficient (Wildman–Crippen LogP) is 1.63. The van der Waals surface area contributed by atoms with E-state index in [4.69, 9.17) is 4.74 Å². The van der Waals surface area contributed by atoms with Crippen LogP contribution in [0, 0.1) is 0 Å². The molecule has 3 rings (SSSR count). The number of benzene rings is 2. The van der Waals surface area contributed by atoms with Crippen molar-refractivity contribution in [3.63, 3.8) is 0 Å². The van der Waals surface area contributed by atoms with Crippen LogP contribution in [-0.4, -0.2) is 51.1 Å². The zero-order valence-corrected chi connectivity index (χ0v) is 16.5. The van der Waals surface area contributed by atoms with Gasteiger partial charge in [0, 0.05) is 18.5 Å². The number of anilines is 1. The molecule has 148 valence electrons. The number of fused-ring (bicyclic) bond motifs is 1. The molecular formula is C20H22N2O5S. The van der Waals surface area contributed by atoms with E-state index >= 15 is 0 Å². The van der Waals surface area contributed by atoms with Crippen molar-refractivity contribution in [2.75, 3.05) is 25.2 Å². The quantitative estimate of drug-likeness (QED) is 0.764. The van der Waals surface area contributed by atoms with E-state index in [1.54, 1.807) is 17.0 Å². The number of sulfone groups is 1. The number of amides is 1. The third kappa shape index (κ3) is 4.58. The van der Waals surface area contributed by atoms with Gasteiger partial charge in [0.15, 0.2) is 9.84 Å². The molecule has 0 fully saturated rings. The first-order valence-electron chi connectivity index (χ1n) is 8.76. The van der Waals surface area contributed by atoms with Gasteiger partial charge < -0.3 is 10.1 Å². The smallest absolute Gasteiger partial charge is 0.323 e. The summed E-state index contributed by atoms with van der Waals surface area (Å²) < 4.78 is 28.3. The molecule has 1 atom stereocenters. The molecule has 1 heterocycles. The maximum Gasteiger partial charge on any atom is 0.323 e. The number of nitrogens with one attached hydrogen (secondary N) is 1. The molecule has 0 aromatic heterocycles. The van der Waals surface area contributed by atoms with E-state index < -0.39 is 15.9 Å². The minimum Gasteiger partial charge on any atom is -0.468 e. The minimum atomic E-state index is -3.37. The minimum absolute atomic E-state index is 0.0167. The van der Waals surface area contributed by atoms with Crippen LogP contribution in [0.2, 0.25) is 0 Å². The third-order valence-corrected chi connectivity index (χ3v) is 5.82. The van der Waals surface area contributed by atoms with E-state index in [-0.39, 0.29) is 23.3 Å². The molecule has 0 unspecified atom stereocenters. The first-order valence-corrected chi connectivity index (χ1v) is 10.7.